The van der Waals surface area contributed by atoms with E-state index >= 15 is 0 Å². The van der Waals surface area contributed by atoms with Crippen LogP contribution in [0.5, 0.6) is 0 Å². The van der Waals surface area contributed by atoms with E-state index in [0.29, 0.717) is 13.0 Å². The van der Waals surface area contributed by atoms with Gasteiger partial charge in [0.15, 0.2) is 0 Å². The quantitative estimate of drug-likeness (QED) is 0.446. The lowest BCUT2D eigenvalue weighted by molar-refractivity contribution is -0.121. The Hall–Kier alpha value is -1.75. The normalized spacial score (nSPS) is 23.9. The average molecular weight is 387 g/mol. The van der Waals surface area contributed by atoms with Crippen LogP contribution in [0.25, 0.3) is 0 Å². The number of unbranched alkanes of at least 4 members (excludes halogenated alkanes) is 2. The largest absolute Gasteiger partial charge is 0.392 e. The molecule has 1 fully saturated rings. The third kappa shape index (κ3) is 7.01. The van der Waals surface area contributed by atoms with E-state index in [9.17, 15) is 15.0 Å². The van der Waals surface area contributed by atoms with Gasteiger partial charge >= 0.3 is 0 Å². The van der Waals surface area contributed by atoms with Gasteiger partial charge in [-0.2, -0.15) is 0 Å². The lowest BCUT2D eigenvalue weighted by atomic mass is 9.88. The summed E-state index contributed by atoms with van der Waals surface area (Å²) in [5, 5.41) is 20.7. The summed E-state index contributed by atoms with van der Waals surface area (Å²) in [5.41, 5.74) is 2.11. The van der Waals surface area contributed by atoms with E-state index in [4.69, 9.17) is 4.74 Å². The van der Waals surface area contributed by atoms with Crippen LogP contribution in [0, 0.1) is 11.8 Å². The summed E-state index contributed by atoms with van der Waals surface area (Å²) in [7, 11) is 1.66. The van der Waals surface area contributed by atoms with Gasteiger partial charge in [0.25, 0.3) is 0 Å². The first-order valence-electron chi connectivity index (χ1n) is 10.3. The van der Waals surface area contributed by atoms with E-state index in [-0.39, 0.29) is 24.0 Å². The molecule has 4 heteroatoms. The Bertz CT molecular complexity index is 664. The molecular formula is C24H34O4. The van der Waals surface area contributed by atoms with Crippen molar-refractivity contribution in [2.45, 2.75) is 64.3 Å². The van der Waals surface area contributed by atoms with Crippen LogP contribution in [0.4, 0.5) is 0 Å². The van der Waals surface area contributed by atoms with Crippen molar-refractivity contribution in [1.29, 1.82) is 0 Å². The number of carbonyl (C=O) groups is 1. The first-order valence-corrected chi connectivity index (χ1v) is 10.3. The van der Waals surface area contributed by atoms with Gasteiger partial charge in [0.2, 0.25) is 0 Å². The first kappa shape index (κ1) is 22.5. The molecule has 4 atom stereocenters. The number of aliphatic hydroxyl groups is 2. The van der Waals surface area contributed by atoms with Crippen molar-refractivity contribution < 1.29 is 19.7 Å². The highest BCUT2D eigenvalue weighted by Gasteiger charge is 2.39. The number of allylic oxidation sites excluding steroid dienone is 2. The van der Waals surface area contributed by atoms with Crippen LogP contribution in [0.15, 0.2) is 48.6 Å². The molecule has 0 aromatic heterocycles. The number of Topliss-reactive ketones (excluding diaryl/α,β-unsaturated/α-hetero) is 1. The number of hydrogen-bond acceptors (Lipinski definition) is 4. The molecule has 0 spiro atoms. The Morgan fingerprint density at radius 2 is 2.07 bits per heavy atom. The fraction of sp³-hybridized carbons (Fsp3) is 0.542. The van der Waals surface area contributed by atoms with Crippen molar-refractivity contribution in [3.05, 3.63) is 59.7 Å². The van der Waals surface area contributed by atoms with Gasteiger partial charge in [-0.25, -0.2) is 0 Å². The molecule has 0 unspecified atom stereocenters. The SMILES string of the molecule is C/C=C/CCCC[C@H]1C(=O)C[C@@H](O)[C@@H]1/C=C/[C@@H](O)Cc1cccc(COC)c1. The Balaban J connectivity index is 1.91. The zero-order valence-electron chi connectivity index (χ0n) is 17.1. The van der Waals surface area contributed by atoms with E-state index in [1.807, 2.05) is 43.3 Å². The van der Waals surface area contributed by atoms with Gasteiger partial charge in [-0.3, -0.25) is 4.79 Å². The van der Waals surface area contributed by atoms with Crippen LogP contribution >= 0.6 is 0 Å². The zero-order chi connectivity index (χ0) is 20.4. The molecule has 1 aliphatic carbocycles. The molecule has 0 heterocycles. The van der Waals surface area contributed by atoms with Crippen LogP contribution in [0.2, 0.25) is 0 Å². The summed E-state index contributed by atoms with van der Waals surface area (Å²) in [4.78, 5) is 12.3. The van der Waals surface area contributed by atoms with E-state index in [1.54, 1.807) is 13.2 Å². The summed E-state index contributed by atoms with van der Waals surface area (Å²) in [6, 6.07) is 7.97. The Kier molecular flexibility index (Phi) is 9.62. The minimum Gasteiger partial charge on any atom is -0.392 e. The van der Waals surface area contributed by atoms with Gasteiger partial charge < -0.3 is 14.9 Å². The molecule has 0 saturated heterocycles. The van der Waals surface area contributed by atoms with Crippen LogP contribution in [-0.2, 0) is 22.6 Å². The molecule has 0 radical (unpaired) electrons. The average Bonchev–Trinajstić information content (AvgIpc) is 2.93. The molecule has 1 aromatic carbocycles. The maximum atomic E-state index is 12.3. The lowest BCUT2D eigenvalue weighted by Crippen LogP contribution is -2.19. The predicted molar refractivity (Wildman–Crippen MR) is 112 cm³/mol. The standard InChI is InChI=1S/C24H34O4/c1-3-4-5-6-7-11-21-22(24(27)16-23(21)26)13-12-20(25)15-18-9-8-10-19(14-18)17-28-2/h3-4,8-10,12-14,20-22,24-25,27H,5-7,11,15-17H2,1-2H3/b4-3+,13-12+/t20-,21-,22-,24-/m1/s1. The summed E-state index contributed by atoms with van der Waals surface area (Å²) in [6.07, 6.45) is 11.1. The van der Waals surface area contributed by atoms with Crippen molar-refractivity contribution in [2.75, 3.05) is 7.11 Å². The zero-order valence-corrected chi connectivity index (χ0v) is 17.1. The molecule has 0 aliphatic heterocycles. The van der Waals surface area contributed by atoms with Crippen LogP contribution in [0.1, 0.15) is 50.2 Å². The maximum absolute atomic E-state index is 12.3. The second-order valence-corrected chi connectivity index (χ2v) is 7.68. The van der Waals surface area contributed by atoms with Crippen molar-refractivity contribution in [3.63, 3.8) is 0 Å². The van der Waals surface area contributed by atoms with Gasteiger partial charge in [0.1, 0.15) is 5.78 Å². The van der Waals surface area contributed by atoms with Crippen molar-refractivity contribution >= 4 is 5.78 Å². The topological polar surface area (TPSA) is 66.8 Å². The molecule has 2 rings (SSSR count). The molecular weight excluding hydrogens is 352 g/mol. The molecule has 154 valence electrons. The first-order chi connectivity index (χ1) is 13.5. The second-order valence-electron chi connectivity index (χ2n) is 7.68. The van der Waals surface area contributed by atoms with E-state index in [2.05, 4.69) is 6.08 Å². The van der Waals surface area contributed by atoms with Gasteiger partial charge in [-0.1, -0.05) is 55.0 Å². The minimum absolute atomic E-state index is 0.130. The Labute approximate surface area is 168 Å². The summed E-state index contributed by atoms with van der Waals surface area (Å²) >= 11 is 0. The summed E-state index contributed by atoms with van der Waals surface area (Å²) in [6.45, 7) is 2.56. The highest BCUT2D eigenvalue weighted by atomic mass is 16.5. The van der Waals surface area contributed by atoms with Crippen LogP contribution in [0.3, 0.4) is 0 Å². The van der Waals surface area contributed by atoms with Crippen molar-refractivity contribution in [1.82, 2.24) is 0 Å². The molecule has 0 amide bonds. The number of ketones is 1. The molecule has 1 saturated carbocycles. The molecule has 28 heavy (non-hydrogen) atoms. The van der Waals surface area contributed by atoms with E-state index in [1.165, 1.54) is 0 Å². The molecule has 1 aliphatic rings. The number of hydrogen-bond donors (Lipinski definition) is 2. The number of rotatable bonds is 11. The van der Waals surface area contributed by atoms with E-state index < -0.39 is 12.2 Å². The summed E-state index contributed by atoms with van der Waals surface area (Å²) < 4.78 is 5.15. The van der Waals surface area contributed by atoms with Gasteiger partial charge in [0, 0.05) is 31.8 Å². The highest BCUT2D eigenvalue weighted by Crippen LogP contribution is 2.34. The molecule has 0 bridgehead atoms. The third-order valence-electron chi connectivity index (χ3n) is 5.41. The molecule has 1 aromatic rings. The number of methoxy groups -OCH3 is 1. The fourth-order valence-corrected chi connectivity index (χ4v) is 3.96. The fourth-order valence-electron chi connectivity index (χ4n) is 3.96. The highest BCUT2D eigenvalue weighted by molar-refractivity contribution is 5.84. The van der Waals surface area contributed by atoms with Gasteiger partial charge in [-0.15, -0.1) is 0 Å². The Morgan fingerprint density at radius 3 is 2.82 bits per heavy atom. The Morgan fingerprint density at radius 1 is 1.29 bits per heavy atom. The van der Waals surface area contributed by atoms with Crippen molar-refractivity contribution in [2.24, 2.45) is 11.8 Å². The molecule has 4 nitrogen and oxygen atoms in total. The number of aliphatic hydroxyl groups excluding tert-OH is 2. The summed E-state index contributed by atoms with van der Waals surface area (Å²) in [5.74, 6) is -0.173. The smallest absolute Gasteiger partial charge is 0.139 e. The van der Waals surface area contributed by atoms with Gasteiger partial charge in [0.05, 0.1) is 18.8 Å². The number of ether oxygens (including phenoxy) is 1. The monoisotopic (exact) mass is 386 g/mol. The van der Waals surface area contributed by atoms with Crippen molar-refractivity contribution in [3.8, 4) is 0 Å². The van der Waals surface area contributed by atoms with Crippen LogP contribution < -0.4 is 0 Å². The number of benzene rings is 1. The van der Waals surface area contributed by atoms with Gasteiger partial charge in [-0.05, 0) is 37.3 Å². The number of carbonyl (C=O) groups excluding carboxylic acids is 1. The maximum Gasteiger partial charge on any atom is 0.139 e. The lowest BCUT2D eigenvalue weighted by Gasteiger charge is -2.18. The van der Waals surface area contributed by atoms with E-state index in [0.717, 1.165) is 36.8 Å². The van der Waals surface area contributed by atoms with Crippen LogP contribution in [-0.4, -0.2) is 35.3 Å². The third-order valence-corrected chi connectivity index (χ3v) is 5.41. The minimum atomic E-state index is -0.643. The molecule has 2 N–H and O–H groups in total. The second kappa shape index (κ2) is 11.9. The predicted octanol–water partition coefficient (Wildman–Crippen LogP) is 4.00.